The van der Waals surface area contributed by atoms with Gasteiger partial charge in [-0.3, -0.25) is 9.59 Å². The fraction of sp³-hybridized carbons (Fsp3) is 0.333. The molecule has 17 heteroatoms. The lowest BCUT2D eigenvalue weighted by Crippen LogP contribution is -2.40. The largest absolute Gasteiger partial charge is 0.494 e. The summed E-state index contributed by atoms with van der Waals surface area (Å²) in [5, 5.41) is 11.2. The van der Waals surface area contributed by atoms with E-state index in [1.54, 1.807) is 63.4 Å². The second kappa shape index (κ2) is 16.5. The second-order valence-electron chi connectivity index (χ2n) is 12.2. The SMILES string of the molecule is CCOC(=O)[C@H]1CCN(C(=O)[C@@H](Nc2ccc3c(N)nccc3c2)c2ccc(F)c(OC)c2)[C@H]1c1ccccc1S(=O)(=O)C(C)C.O=C(O)C(F)(F)F. The van der Waals surface area contributed by atoms with E-state index in [0.29, 0.717) is 22.6 Å². The first-order chi connectivity index (χ1) is 24.9. The lowest BCUT2D eigenvalue weighted by molar-refractivity contribution is -0.192. The number of amides is 1. The smallest absolute Gasteiger partial charge is 0.490 e. The Morgan fingerprint density at radius 3 is 2.38 bits per heavy atom. The molecular weight excluding hydrogens is 724 g/mol. The first-order valence-electron chi connectivity index (χ1n) is 16.3. The zero-order valence-corrected chi connectivity index (χ0v) is 29.9. The second-order valence-corrected chi connectivity index (χ2v) is 14.6. The summed E-state index contributed by atoms with van der Waals surface area (Å²) < 4.78 is 83.9. The van der Waals surface area contributed by atoms with Crippen molar-refractivity contribution in [2.75, 3.05) is 31.3 Å². The highest BCUT2D eigenvalue weighted by Crippen LogP contribution is 2.43. The summed E-state index contributed by atoms with van der Waals surface area (Å²) in [4.78, 5) is 42.6. The molecule has 0 aliphatic carbocycles. The maximum atomic E-state index is 14.8. The number of ether oxygens (including phenoxy) is 2. The number of carboxylic acid groups (broad SMARTS) is 1. The van der Waals surface area contributed by atoms with Crippen LogP contribution in [0.25, 0.3) is 10.8 Å². The van der Waals surface area contributed by atoms with Crippen molar-refractivity contribution in [3.05, 3.63) is 89.9 Å². The monoisotopic (exact) mass is 762 g/mol. The number of carbonyl (C=O) groups is 3. The Morgan fingerprint density at radius 1 is 1.08 bits per heavy atom. The summed E-state index contributed by atoms with van der Waals surface area (Å²) in [5.41, 5.74) is 7.35. The molecule has 0 spiro atoms. The molecule has 0 unspecified atom stereocenters. The molecule has 4 N–H and O–H groups in total. The Balaban J connectivity index is 0.000000815. The van der Waals surface area contributed by atoms with Gasteiger partial charge in [-0.1, -0.05) is 24.3 Å². The Labute approximate surface area is 302 Å². The number of fused-ring (bicyclic) bond motifs is 1. The van der Waals surface area contributed by atoms with Crippen LogP contribution in [-0.4, -0.2) is 72.9 Å². The van der Waals surface area contributed by atoms with Crippen LogP contribution in [-0.2, 0) is 29.0 Å². The molecule has 4 aromatic rings. The average molecular weight is 763 g/mol. The summed E-state index contributed by atoms with van der Waals surface area (Å²) in [5.74, 6) is -4.82. The van der Waals surface area contributed by atoms with Crippen molar-refractivity contribution in [2.45, 2.75) is 55.6 Å². The summed E-state index contributed by atoms with van der Waals surface area (Å²) in [6.45, 7) is 5.14. The number of carbonyl (C=O) groups excluding carboxylic acids is 2. The molecule has 1 saturated heterocycles. The lowest BCUT2D eigenvalue weighted by Gasteiger charge is -2.33. The topological polar surface area (TPSA) is 178 Å². The number of nitrogen functional groups attached to an aromatic ring is 1. The number of nitrogens with one attached hydrogen (secondary N) is 1. The van der Waals surface area contributed by atoms with E-state index in [4.69, 9.17) is 25.1 Å². The number of carboxylic acids is 1. The Morgan fingerprint density at radius 2 is 1.75 bits per heavy atom. The molecule has 0 bridgehead atoms. The number of hydrogen-bond donors (Lipinski definition) is 3. The molecule has 284 valence electrons. The number of pyridine rings is 1. The number of esters is 1. The molecule has 2 heterocycles. The molecule has 1 aliphatic heterocycles. The van der Waals surface area contributed by atoms with Crippen LogP contribution >= 0.6 is 0 Å². The van der Waals surface area contributed by atoms with Crippen molar-refractivity contribution in [1.29, 1.82) is 0 Å². The maximum absolute atomic E-state index is 14.8. The minimum Gasteiger partial charge on any atom is -0.494 e. The van der Waals surface area contributed by atoms with Crippen LogP contribution in [0.2, 0.25) is 0 Å². The van der Waals surface area contributed by atoms with E-state index >= 15 is 0 Å². The van der Waals surface area contributed by atoms with Crippen LogP contribution in [0.3, 0.4) is 0 Å². The van der Waals surface area contributed by atoms with Crippen LogP contribution in [0.15, 0.2) is 77.8 Å². The summed E-state index contributed by atoms with van der Waals surface area (Å²) in [6.07, 6.45) is -3.24. The summed E-state index contributed by atoms with van der Waals surface area (Å²) >= 11 is 0. The molecule has 1 aliphatic rings. The molecular formula is C36H38F4N4O8S. The number of sulfone groups is 1. The number of hydrogen-bond acceptors (Lipinski definition) is 10. The van der Waals surface area contributed by atoms with Crippen LogP contribution in [0.5, 0.6) is 5.75 Å². The van der Waals surface area contributed by atoms with E-state index in [1.165, 1.54) is 36.3 Å². The highest BCUT2D eigenvalue weighted by Gasteiger charge is 2.46. The fourth-order valence-corrected chi connectivity index (χ4v) is 7.22. The van der Waals surface area contributed by atoms with E-state index in [-0.39, 0.29) is 30.2 Å². The number of nitrogens with zero attached hydrogens (tertiary/aromatic N) is 2. The van der Waals surface area contributed by atoms with Gasteiger partial charge in [0.1, 0.15) is 11.9 Å². The third-order valence-electron chi connectivity index (χ3n) is 8.54. The molecule has 3 aromatic carbocycles. The van der Waals surface area contributed by atoms with Gasteiger partial charge in [-0.25, -0.2) is 22.6 Å². The number of nitrogens with two attached hydrogens (primary N) is 1. The Kier molecular flexibility index (Phi) is 12.5. The zero-order valence-electron chi connectivity index (χ0n) is 29.1. The fourth-order valence-electron chi connectivity index (χ4n) is 5.93. The van der Waals surface area contributed by atoms with Crippen LogP contribution in [0.4, 0.5) is 29.1 Å². The number of halogens is 4. The van der Waals surface area contributed by atoms with E-state index in [9.17, 15) is 35.6 Å². The van der Waals surface area contributed by atoms with Gasteiger partial charge in [0, 0.05) is 23.8 Å². The van der Waals surface area contributed by atoms with Crippen LogP contribution in [0, 0.1) is 11.7 Å². The normalized spacial score (nSPS) is 16.4. The number of rotatable bonds is 10. The third kappa shape index (κ3) is 8.96. The summed E-state index contributed by atoms with van der Waals surface area (Å²) in [6, 6.07) is 15.7. The van der Waals surface area contributed by atoms with Gasteiger partial charge in [0.15, 0.2) is 21.4 Å². The predicted octanol–water partition coefficient (Wildman–Crippen LogP) is 6.09. The zero-order chi connectivity index (χ0) is 39.2. The predicted molar refractivity (Wildman–Crippen MR) is 187 cm³/mol. The van der Waals surface area contributed by atoms with E-state index in [0.717, 1.165) is 10.8 Å². The number of alkyl halides is 3. The van der Waals surface area contributed by atoms with E-state index in [1.807, 2.05) is 6.07 Å². The Bertz CT molecular complexity index is 2100. The van der Waals surface area contributed by atoms with Gasteiger partial charge in [0.25, 0.3) is 0 Å². The highest BCUT2D eigenvalue weighted by molar-refractivity contribution is 7.92. The number of likely N-dealkylation sites (tertiary alicyclic amines) is 1. The van der Waals surface area contributed by atoms with Gasteiger partial charge >= 0.3 is 18.1 Å². The maximum Gasteiger partial charge on any atom is 0.490 e. The first kappa shape index (κ1) is 40.3. The molecule has 1 fully saturated rings. The minimum atomic E-state index is -5.08. The standard InChI is InChI=1S/C34H37FN4O6S.C2HF3O2/c1-5-45-34(41)26-15-17-39(31(26)25-8-6-7-9-29(25)46(42,43)20(2)3)33(40)30(22-10-13-27(35)28(19-22)44-4)38-23-11-12-24-21(18-23)14-16-37-32(24)36;3-2(4,5)1(6)7/h6-14,16,18-20,26,30-31,38H,5,15,17H2,1-4H3,(H2,36,37);(H,6,7)/t26-,30-,31-;/m0./s1. The van der Waals surface area contributed by atoms with Crippen molar-refractivity contribution in [2.24, 2.45) is 5.92 Å². The van der Waals surface area contributed by atoms with Gasteiger partial charge in [0.2, 0.25) is 5.91 Å². The summed E-state index contributed by atoms with van der Waals surface area (Å²) in [7, 11) is -2.46. The molecule has 12 nitrogen and oxygen atoms in total. The number of methoxy groups -OCH3 is 1. The minimum absolute atomic E-state index is 0.0507. The van der Waals surface area contributed by atoms with Crippen molar-refractivity contribution in [3.8, 4) is 5.75 Å². The van der Waals surface area contributed by atoms with Crippen molar-refractivity contribution >= 4 is 50.0 Å². The van der Waals surface area contributed by atoms with Gasteiger partial charge in [-0.2, -0.15) is 13.2 Å². The molecule has 1 amide bonds. The highest BCUT2D eigenvalue weighted by atomic mass is 32.2. The van der Waals surface area contributed by atoms with Crippen LogP contribution < -0.4 is 15.8 Å². The molecule has 53 heavy (non-hydrogen) atoms. The van der Waals surface area contributed by atoms with Gasteiger partial charge in [0.05, 0.1) is 35.8 Å². The van der Waals surface area contributed by atoms with E-state index < -0.39 is 62.9 Å². The molecule has 0 saturated carbocycles. The number of benzene rings is 3. The number of anilines is 2. The molecule has 5 rings (SSSR count). The molecule has 1 aromatic heterocycles. The van der Waals surface area contributed by atoms with Crippen LogP contribution in [0.1, 0.15) is 50.4 Å². The van der Waals surface area contributed by atoms with Gasteiger partial charge in [-0.05, 0) is 86.2 Å². The average Bonchev–Trinajstić information content (AvgIpc) is 3.56. The third-order valence-corrected chi connectivity index (χ3v) is 10.8. The quantitative estimate of drug-likeness (QED) is 0.126. The Hall–Kier alpha value is -5.45. The van der Waals surface area contributed by atoms with Crippen molar-refractivity contribution < 1.29 is 54.9 Å². The lowest BCUT2D eigenvalue weighted by atomic mass is 9.93. The van der Waals surface area contributed by atoms with Gasteiger partial charge in [-0.15, -0.1) is 0 Å². The van der Waals surface area contributed by atoms with Crippen molar-refractivity contribution in [3.63, 3.8) is 0 Å². The van der Waals surface area contributed by atoms with Gasteiger partial charge < -0.3 is 30.5 Å². The first-order valence-corrected chi connectivity index (χ1v) is 17.8. The number of aromatic nitrogens is 1. The van der Waals surface area contributed by atoms with Crippen molar-refractivity contribution in [1.82, 2.24) is 9.88 Å². The number of aliphatic carboxylic acids is 1. The van der Waals surface area contributed by atoms with E-state index in [2.05, 4.69) is 10.3 Å². The molecule has 0 radical (unpaired) electrons. The molecule has 3 atom stereocenters.